The lowest BCUT2D eigenvalue weighted by Crippen LogP contribution is -2.42. The number of nitrogens with zero attached hydrogens (tertiary/aromatic N) is 2. The largest absolute Gasteiger partial charge is 0.329 e. The quantitative estimate of drug-likeness (QED) is 0.835. The number of likely N-dealkylation sites (tertiary alicyclic amines) is 1. The fourth-order valence-electron chi connectivity index (χ4n) is 3.65. The molecule has 1 heterocycles. The van der Waals surface area contributed by atoms with Gasteiger partial charge in [0.25, 0.3) is 0 Å². The highest BCUT2D eigenvalue weighted by Crippen LogP contribution is 2.29. The van der Waals surface area contributed by atoms with Gasteiger partial charge in [0, 0.05) is 38.8 Å². The fourth-order valence-corrected chi connectivity index (χ4v) is 3.65. The van der Waals surface area contributed by atoms with Crippen LogP contribution in [0.5, 0.6) is 0 Å². The summed E-state index contributed by atoms with van der Waals surface area (Å²) in [6.07, 6.45) is 5.51. The minimum atomic E-state index is 0.803. The van der Waals surface area contributed by atoms with Crippen LogP contribution in [0.25, 0.3) is 0 Å². The van der Waals surface area contributed by atoms with E-state index in [-0.39, 0.29) is 0 Å². The van der Waals surface area contributed by atoms with Crippen LogP contribution in [0.1, 0.15) is 31.2 Å². The number of benzene rings is 1. The lowest BCUT2D eigenvalue weighted by Gasteiger charge is -2.35. The maximum atomic E-state index is 5.78. The lowest BCUT2D eigenvalue weighted by molar-refractivity contribution is 0.126. The van der Waals surface area contributed by atoms with Crippen molar-refractivity contribution < 1.29 is 0 Å². The van der Waals surface area contributed by atoms with Gasteiger partial charge in [-0.15, -0.1) is 0 Å². The SMILES string of the molecule is NCCN(CC1CCCN(Cc2ccccc2)C1)C1CC1. The zero-order valence-electron chi connectivity index (χ0n) is 13.1. The summed E-state index contributed by atoms with van der Waals surface area (Å²) in [7, 11) is 0. The number of piperidine rings is 1. The third kappa shape index (κ3) is 4.53. The van der Waals surface area contributed by atoms with Crippen LogP contribution in [-0.4, -0.2) is 48.6 Å². The summed E-state index contributed by atoms with van der Waals surface area (Å²) in [4.78, 5) is 5.29. The van der Waals surface area contributed by atoms with Crippen LogP contribution in [0, 0.1) is 5.92 Å². The molecule has 1 aliphatic heterocycles. The van der Waals surface area contributed by atoms with Crippen molar-refractivity contribution in [2.45, 2.75) is 38.3 Å². The zero-order valence-corrected chi connectivity index (χ0v) is 13.1. The molecule has 2 aliphatic rings. The Hall–Kier alpha value is -0.900. The number of hydrogen-bond acceptors (Lipinski definition) is 3. The van der Waals surface area contributed by atoms with E-state index in [9.17, 15) is 0 Å². The van der Waals surface area contributed by atoms with Gasteiger partial charge in [-0.25, -0.2) is 0 Å². The number of nitrogens with two attached hydrogens (primary N) is 1. The molecule has 3 heteroatoms. The highest BCUT2D eigenvalue weighted by molar-refractivity contribution is 5.14. The molecule has 0 radical (unpaired) electrons. The van der Waals surface area contributed by atoms with Crippen LogP contribution in [0.3, 0.4) is 0 Å². The molecule has 0 aromatic heterocycles. The van der Waals surface area contributed by atoms with Crippen LogP contribution < -0.4 is 5.73 Å². The second kappa shape index (κ2) is 7.39. The summed E-state index contributed by atoms with van der Waals surface area (Å²) in [5.41, 5.74) is 7.22. The van der Waals surface area contributed by atoms with E-state index in [1.54, 1.807) is 0 Å². The minimum Gasteiger partial charge on any atom is -0.329 e. The summed E-state index contributed by atoms with van der Waals surface area (Å²) in [6, 6.07) is 11.7. The van der Waals surface area contributed by atoms with Gasteiger partial charge in [0.05, 0.1) is 0 Å². The summed E-state index contributed by atoms with van der Waals surface area (Å²) in [5.74, 6) is 0.828. The molecule has 1 atom stereocenters. The van der Waals surface area contributed by atoms with Crippen LogP contribution in [0.4, 0.5) is 0 Å². The molecular formula is C18H29N3. The first-order valence-electron chi connectivity index (χ1n) is 8.55. The Morgan fingerprint density at radius 2 is 1.95 bits per heavy atom. The van der Waals surface area contributed by atoms with Crippen molar-refractivity contribution in [3.05, 3.63) is 35.9 Å². The molecule has 3 nitrogen and oxygen atoms in total. The summed E-state index contributed by atoms with van der Waals surface area (Å²) in [5, 5.41) is 0. The average molecular weight is 287 g/mol. The van der Waals surface area contributed by atoms with Crippen LogP contribution >= 0.6 is 0 Å². The van der Waals surface area contributed by atoms with Gasteiger partial charge in [-0.2, -0.15) is 0 Å². The molecule has 0 bridgehead atoms. The molecule has 1 unspecified atom stereocenters. The summed E-state index contributed by atoms with van der Waals surface area (Å²) >= 11 is 0. The molecule has 0 spiro atoms. The predicted octanol–water partition coefficient (Wildman–Crippen LogP) is 2.32. The third-order valence-electron chi connectivity index (χ3n) is 4.82. The normalized spacial score (nSPS) is 23.6. The molecule has 1 saturated heterocycles. The van der Waals surface area contributed by atoms with E-state index in [4.69, 9.17) is 5.73 Å². The van der Waals surface area contributed by atoms with Crippen LogP contribution in [-0.2, 0) is 6.54 Å². The molecule has 0 amide bonds. The Labute approximate surface area is 129 Å². The van der Waals surface area contributed by atoms with Crippen molar-refractivity contribution in [3.8, 4) is 0 Å². The van der Waals surface area contributed by atoms with Gasteiger partial charge >= 0.3 is 0 Å². The first kappa shape index (κ1) is 15.0. The number of rotatable bonds is 7. The van der Waals surface area contributed by atoms with Gasteiger partial charge in [-0.3, -0.25) is 9.80 Å². The standard InChI is InChI=1S/C18H29N3/c19-10-12-21(18-8-9-18)15-17-7-4-11-20(14-17)13-16-5-2-1-3-6-16/h1-3,5-6,17-18H,4,7-15,19H2. The van der Waals surface area contributed by atoms with Crippen molar-refractivity contribution in [1.82, 2.24) is 9.80 Å². The highest BCUT2D eigenvalue weighted by atomic mass is 15.2. The van der Waals surface area contributed by atoms with E-state index in [1.807, 2.05) is 0 Å². The molecule has 1 aromatic rings. The van der Waals surface area contributed by atoms with E-state index in [1.165, 1.54) is 50.9 Å². The molecular weight excluding hydrogens is 258 g/mol. The van der Waals surface area contributed by atoms with E-state index in [2.05, 4.69) is 40.1 Å². The van der Waals surface area contributed by atoms with Crippen molar-refractivity contribution in [1.29, 1.82) is 0 Å². The molecule has 1 aliphatic carbocycles. The first-order valence-corrected chi connectivity index (χ1v) is 8.55. The Bertz CT molecular complexity index is 416. The van der Waals surface area contributed by atoms with E-state index in [0.29, 0.717) is 0 Å². The van der Waals surface area contributed by atoms with Crippen LogP contribution in [0.15, 0.2) is 30.3 Å². The van der Waals surface area contributed by atoms with Gasteiger partial charge in [-0.1, -0.05) is 30.3 Å². The first-order chi connectivity index (χ1) is 10.3. The number of hydrogen-bond donors (Lipinski definition) is 1. The monoisotopic (exact) mass is 287 g/mol. The molecule has 1 saturated carbocycles. The Kier molecular flexibility index (Phi) is 5.28. The van der Waals surface area contributed by atoms with Crippen molar-refractivity contribution in [2.24, 2.45) is 11.7 Å². The second-order valence-electron chi connectivity index (χ2n) is 6.74. The van der Waals surface area contributed by atoms with Crippen molar-refractivity contribution in [2.75, 3.05) is 32.7 Å². The molecule has 1 aromatic carbocycles. The molecule has 2 fully saturated rings. The average Bonchev–Trinajstić information content (AvgIpc) is 3.33. The van der Waals surface area contributed by atoms with Gasteiger partial charge < -0.3 is 5.73 Å². The Balaban J connectivity index is 1.50. The van der Waals surface area contributed by atoms with E-state index < -0.39 is 0 Å². The molecule has 3 rings (SSSR count). The molecule has 116 valence electrons. The topological polar surface area (TPSA) is 32.5 Å². The smallest absolute Gasteiger partial charge is 0.0233 e. The van der Waals surface area contributed by atoms with Gasteiger partial charge in [0.15, 0.2) is 0 Å². The van der Waals surface area contributed by atoms with Crippen LogP contribution in [0.2, 0.25) is 0 Å². The minimum absolute atomic E-state index is 0.803. The second-order valence-corrected chi connectivity index (χ2v) is 6.74. The van der Waals surface area contributed by atoms with Crippen molar-refractivity contribution >= 4 is 0 Å². The van der Waals surface area contributed by atoms with Gasteiger partial charge in [-0.05, 0) is 43.7 Å². The molecule has 21 heavy (non-hydrogen) atoms. The lowest BCUT2D eigenvalue weighted by atomic mass is 9.96. The Morgan fingerprint density at radius 3 is 2.67 bits per heavy atom. The summed E-state index contributed by atoms with van der Waals surface area (Å²) < 4.78 is 0. The maximum Gasteiger partial charge on any atom is 0.0233 e. The maximum absolute atomic E-state index is 5.78. The highest BCUT2D eigenvalue weighted by Gasteiger charge is 2.31. The predicted molar refractivity (Wildman–Crippen MR) is 88.1 cm³/mol. The fraction of sp³-hybridized carbons (Fsp3) is 0.667. The third-order valence-corrected chi connectivity index (χ3v) is 4.82. The zero-order chi connectivity index (χ0) is 14.5. The van der Waals surface area contributed by atoms with Crippen molar-refractivity contribution in [3.63, 3.8) is 0 Å². The molecule has 2 N–H and O–H groups in total. The van der Waals surface area contributed by atoms with Gasteiger partial charge in [0.1, 0.15) is 0 Å². The summed E-state index contributed by atoms with van der Waals surface area (Å²) in [6.45, 7) is 6.76. The van der Waals surface area contributed by atoms with Gasteiger partial charge in [0.2, 0.25) is 0 Å². The van der Waals surface area contributed by atoms with E-state index >= 15 is 0 Å². The Morgan fingerprint density at radius 1 is 1.14 bits per heavy atom. The van der Waals surface area contributed by atoms with E-state index in [0.717, 1.165) is 31.6 Å².